The van der Waals surface area contributed by atoms with Crippen LogP contribution in [0.2, 0.25) is 0 Å². The number of aryl methyl sites for hydroxylation is 3. The molecule has 0 aliphatic heterocycles. The number of ether oxygens (including phenoxy) is 1. The van der Waals surface area contributed by atoms with Gasteiger partial charge in [0.15, 0.2) is 17.3 Å². The minimum absolute atomic E-state index is 0.0875. The Morgan fingerprint density at radius 3 is 2.65 bits per heavy atom. The number of rotatable bonds is 8. The second-order valence-corrected chi connectivity index (χ2v) is 7.08. The highest BCUT2D eigenvalue weighted by atomic mass is 19.1. The van der Waals surface area contributed by atoms with E-state index in [1.54, 1.807) is 19.1 Å². The number of hydrogen-bond donors (Lipinski definition) is 2. The van der Waals surface area contributed by atoms with Crippen LogP contribution in [0.25, 0.3) is 11.5 Å². The summed E-state index contributed by atoms with van der Waals surface area (Å²) in [7, 11) is 0. The molecule has 31 heavy (non-hydrogen) atoms. The molecule has 4 rings (SSSR count). The van der Waals surface area contributed by atoms with Crippen molar-refractivity contribution in [1.82, 2.24) is 9.97 Å². The molecule has 0 fully saturated rings. The second-order valence-electron chi connectivity index (χ2n) is 7.08. The van der Waals surface area contributed by atoms with Crippen molar-refractivity contribution >= 4 is 0 Å². The number of nitrogens with one attached hydrogen (secondary N) is 1. The van der Waals surface area contributed by atoms with E-state index in [9.17, 15) is 14.3 Å². The maximum atomic E-state index is 14.5. The van der Waals surface area contributed by atoms with Crippen LogP contribution in [0.4, 0.5) is 4.39 Å². The summed E-state index contributed by atoms with van der Waals surface area (Å²) >= 11 is 0. The van der Waals surface area contributed by atoms with Gasteiger partial charge in [-0.1, -0.05) is 24.3 Å². The smallest absolute Gasteiger partial charge is 0.419 e. The molecule has 0 spiro atoms. The Hall–Kier alpha value is -3.81. The number of aromatic nitrogens is 2. The van der Waals surface area contributed by atoms with E-state index in [4.69, 9.17) is 13.6 Å². The molecular formula is C23H21FN2O5. The van der Waals surface area contributed by atoms with Crippen molar-refractivity contribution in [2.24, 2.45) is 0 Å². The molecule has 0 aliphatic rings. The fourth-order valence-corrected chi connectivity index (χ4v) is 3.20. The van der Waals surface area contributed by atoms with Crippen molar-refractivity contribution in [3.63, 3.8) is 0 Å². The third-order valence-corrected chi connectivity index (χ3v) is 4.84. The van der Waals surface area contributed by atoms with E-state index in [1.165, 1.54) is 6.07 Å². The van der Waals surface area contributed by atoms with Crippen molar-refractivity contribution in [2.75, 3.05) is 0 Å². The van der Waals surface area contributed by atoms with E-state index in [0.29, 0.717) is 36.6 Å². The zero-order chi connectivity index (χ0) is 21.8. The van der Waals surface area contributed by atoms with E-state index < -0.39 is 11.6 Å². The first kappa shape index (κ1) is 20.5. The lowest BCUT2D eigenvalue weighted by atomic mass is 10.1. The predicted octanol–water partition coefficient (Wildman–Crippen LogP) is 4.53. The Bertz CT molecular complexity index is 1230. The Kier molecular flexibility index (Phi) is 5.88. The Balaban J connectivity index is 1.35. The summed E-state index contributed by atoms with van der Waals surface area (Å²) < 4.78 is 30.6. The molecule has 0 bridgehead atoms. The summed E-state index contributed by atoms with van der Waals surface area (Å²) in [5, 5.41) is 9.51. The number of halogens is 1. The SMILES string of the molecule is Cc1oc(-c2ccccc2)nc1COc1ccc(CCCc2oc(=O)[nH]c2O)cc1F. The molecule has 0 amide bonds. The van der Waals surface area contributed by atoms with E-state index in [0.717, 1.165) is 11.1 Å². The minimum Gasteiger partial charge on any atom is -0.492 e. The molecule has 160 valence electrons. The topological polar surface area (TPSA) is 101 Å². The average Bonchev–Trinajstić information content (AvgIpc) is 3.29. The first-order valence-corrected chi connectivity index (χ1v) is 9.83. The van der Waals surface area contributed by atoms with Crippen molar-refractivity contribution in [3.05, 3.63) is 87.7 Å². The molecule has 2 heterocycles. The summed E-state index contributed by atoms with van der Waals surface area (Å²) in [6.07, 6.45) is 1.49. The maximum absolute atomic E-state index is 14.5. The zero-order valence-corrected chi connectivity index (χ0v) is 16.9. The van der Waals surface area contributed by atoms with Crippen LogP contribution in [-0.2, 0) is 19.4 Å². The summed E-state index contributed by atoms with van der Waals surface area (Å²) in [4.78, 5) is 17.6. The van der Waals surface area contributed by atoms with Gasteiger partial charge < -0.3 is 18.7 Å². The minimum atomic E-state index is -0.696. The average molecular weight is 424 g/mol. The molecule has 7 nitrogen and oxygen atoms in total. The van der Waals surface area contributed by atoms with Crippen molar-refractivity contribution in [3.8, 4) is 23.1 Å². The lowest BCUT2D eigenvalue weighted by molar-refractivity contribution is 0.284. The van der Waals surface area contributed by atoms with E-state index >= 15 is 0 Å². The van der Waals surface area contributed by atoms with E-state index in [1.807, 2.05) is 30.3 Å². The van der Waals surface area contributed by atoms with Crippen LogP contribution in [0.1, 0.15) is 29.2 Å². The molecular weight excluding hydrogens is 403 g/mol. The molecule has 8 heteroatoms. The van der Waals surface area contributed by atoms with Gasteiger partial charge in [-0.15, -0.1) is 0 Å². The van der Waals surface area contributed by atoms with Crippen molar-refractivity contribution < 1.29 is 23.1 Å². The summed E-state index contributed by atoms with van der Waals surface area (Å²) in [5.74, 6) is 0.00654. The summed E-state index contributed by atoms with van der Waals surface area (Å²) in [6, 6.07) is 14.3. The van der Waals surface area contributed by atoms with Gasteiger partial charge in [0.25, 0.3) is 0 Å². The van der Waals surface area contributed by atoms with Crippen LogP contribution in [-0.4, -0.2) is 15.1 Å². The lowest BCUT2D eigenvalue weighted by Crippen LogP contribution is -2.00. The maximum Gasteiger partial charge on any atom is 0.419 e. The summed E-state index contributed by atoms with van der Waals surface area (Å²) in [6.45, 7) is 1.88. The summed E-state index contributed by atoms with van der Waals surface area (Å²) in [5.41, 5.74) is 2.24. The van der Waals surface area contributed by atoms with Gasteiger partial charge >= 0.3 is 5.76 Å². The molecule has 0 atom stereocenters. The Morgan fingerprint density at radius 2 is 1.94 bits per heavy atom. The van der Waals surface area contributed by atoms with Crippen LogP contribution in [0.5, 0.6) is 11.6 Å². The number of benzene rings is 2. The van der Waals surface area contributed by atoms with Gasteiger partial charge in [0, 0.05) is 12.0 Å². The van der Waals surface area contributed by atoms with Crippen LogP contribution >= 0.6 is 0 Å². The van der Waals surface area contributed by atoms with Gasteiger partial charge in [-0.05, 0) is 49.6 Å². The highest BCUT2D eigenvalue weighted by Crippen LogP contribution is 2.24. The molecule has 2 aromatic carbocycles. The number of H-pyrrole nitrogens is 1. The molecule has 0 saturated carbocycles. The zero-order valence-electron chi connectivity index (χ0n) is 16.9. The number of oxazole rings is 2. The van der Waals surface area contributed by atoms with E-state index in [-0.39, 0.29) is 24.0 Å². The quantitative estimate of drug-likeness (QED) is 0.431. The van der Waals surface area contributed by atoms with Gasteiger partial charge in [-0.2, -0.15) is 0 Å². The number of aromatic hydroxyl groups is 1. The monoisotopic (exact) mass is 424 g/mol. The van der Waals surface area contributed by atoms with Gasteiger partial charge in [0.1, 0.15) is 18.1 Å². The van der Waals surface area contributed by atoms with Crippen molar-refractivity contribution in [1.29, 1.82) is 0 Å². The fraction of sp³-hybridized carbons (Fsp3) is 0.217. The number of aromatic amines is 1. The van der Waals surface area contributed by atoms with Gasteiger partial charge in [-0.25, -0.2) is 14.2 Å². The molecule has 0 unspecified atom stereocenters. The third-order valence-electron chi connectivity index (χ3n) is 4.84. The fourth-order valence-electron chi connectivity index (χ4n) is 3.20. The second kappa shape index (κ2) is 8.91. The third kappa shape index (κ3) is 4.85. The van der Waals surface area contributed by atoms with Crippen LogP contribution in [0.15, 0.2) is 62.2 Å². The van der Waals surface area contributed by atoms with Gasteiger partial charge in [-0.3, -0.25) is 4.98 Å². The number of hydrogen-bond acceptors (Lipinski definition) is 6. The molecule has 0 radical (unpaired) electrons. The molecule has 2 N–H and O–H groups in total. The van der Waals surface area contributed by atoms with Gasteiger partial charge in [0.05, 0.1) is 0 Å². The highest BCUT2D eigenvalue weighted by molar-refractivity contribution is 5.53. The Labute approximate surface area is 177 Å². The van der Waals surface area contributed by atoms with Crippen molar-refractivity contribution in [2.45, 2.75) is 32.8 Å². The molecule has 4 aromatic rings. The van der Waals surface area contributed by atoms with E-state index in [2.05, 4.69) is 9.97 Å². The largest absolute Gasteiger partial charge is 0.492 e. The van der Waals surface area contributed by atoms with Gasteiger partial charge in [0.2, 0.25) is 11.8 Å². The van der Waals surface area contributed by atoms with Crippen LogP contribution in [0, 0.1) is 12.7 Å². The lowest BCUT2D eigenvalue weighted by Gasteiger charge is -2.08. The van der Waals surface area contributed by atoms with Crippen LogP contribution in [0.3, 0.4) is 0 Å². The highest BCUT2D eigenvalue weighted by Gasteiger charge is 2.14. The normalized spacial score (nSPS) is 11.0. The molecule has 0 saturated heterocycles. The van der Waals surface area contributed by atoms with Crippen LogP contribution < -0.4 is 10.5 Å². The molecule has 2 aromatic heterocycles. The predicted molar refractivity (Wildman–Crippen MR) is 110 cm³/mol. The first-order chi connectivity index (χ1) is 15.0. The molecule has 0 aliphatic carbocycles. The standard InChI is InChI=1S/C23H21FN2O5/c1-14-18(25-22(30-14)16-7-3-2-4-8-16)13-29-19-11-10-15(12-17(19)24)6-5-9-20-21(27)26-23(28)31-20/h2-4,7-8,10-12,27H,5-6,9,13H2,1H3,(H,26,28). The first-order valence-electron chi connectivity index (χ1n) is 9.83. The Morgan fingerprint density at radius 1 is 1.13 bits per heavy atom. The number of nitrogens with zero attached hydrogens (tertiary/aromatic N) is 1.